The van der Waals surface area contributed by atoms with Crippen molar-refractivity contribution in [2.75, 3.05) is 7.11 Å². The number of ketones is 1. The Bertz CT molecular complexity index is 1230. The third kappa shape index (κ3) is 3.81. The number of Topliss-reactive ketones (excluding diaryl/α,β-unsaturated/α-hetero) is 1. The summed E-state index contributed by atoms with van der Waals surface area (Å²) in [6, 6.07) is 10.7. The molecule has 6 heteroatoms. The molecule has 0 atom stereocenters. The quantitative estimate of drug-likeness (QED) is 0.329. The highest BCUT2D eigenvalue weighted by molar-refractivity contribution is 6.15. The zero-order valence-corrected chi connectivity index (χ0v) is 18.3. The minimum atomic E-state index is -0.630. The predicted octanol–water partition coefficient (Wildman–Crippen LogP) is 5.24. The molecule has 0 radical (unpaired) electrons. The number of carbonyl (C=O) groups excluding carboxylic acids is 2. The van der Waals surface area contributed by atoms with E-state index in [1.165, 1.54) is 0 Å². The summed E-state index contributed by atoms with van der Waals surface area (Å²) >= 11 is 0. The van der Waals surface area contributed by atoms with Gasteiger partial charge in [0, 0.05) is 35.3 Å². The molecule has 0 bridgehead atoms. The van der Waals surface area contributed by atoms with E-state index in [-0.39, 0.29) is 17.5 Å². The Morgan fingerprint density at radius 3 is 2.55 bits per heavy atom. The Kier molecular flexibility index (Phi) is 5.09. The molecule has 1 aromatic heterocycles. The molecular formula is C25H25NO5. The molecule has 3 aromatic rings. The number of hydrogen-bond acceptors (Lipinski definition) is 5. The summed E-state index contributed by atoms with van der Waals surface area (Å²) in [7, 11) is 1.63. The number of aryl methyl sites for hydroxylation is 1. The Labute approximate surface area is 181 Å². The highest BCUT2D eigenvalue weighted by Gasteiger charge is 2.29. The normalized spacial score (nSPS) is 14.6. The zero-order valence-electron chi connectivity index (χ0n) is 18.3. The van der Waals surface area contributed by atoms with Gasteiger partial charge in [-0.1, -0.05) is 0 Å². The summed E-state index contributed by atoms with van der Waals surface area (Å²) in [5.74, 6) is 1.14. The second-order valence-corrected chi connectivity index (χ2v) is 8.49. The Balaban J connectivity index is 1.68. The molecule has 1 aliphatic rings. The summed E-state index contributed by atoms with van der Waals surface area (Å²) in [4.78, 5) is 25.1. The monoisotopic (exact) mass is 419 g/mol. The van der Waals surface area contributed by atoms with E-state index in [2.05, 4.69) is 11.5 Å². The van der Waals surface area contributed by atoms with Crippen LogP contribution in [0.5, 0.6) is 17.2 Å². The number of ether oxygens (including phenoxy) is 3. The summed E-state index contributed by atoms with van der Waals surface area (Å²) in [5, 5.41) is 0.973. The number of allylic oxidation sites excluding steroid dienone is 1. The van der Waals surface area contributed by atoms with E-state index in [9.17, 15) is 9.59 Å². The molecule has 2 aromatic carbocycles. The third-order valence-electron chi connectivity index (χ3n) is 5.21. The number of methoxy groups -OCH3 is 1. The molecule has 1 aliphatic heterocycles. The highest BCUT2D eigenvalue weighted by atomic mass is 16.5. The Hall–Kier alpha value is -3.54. The van der Waals surface area contributed by atoms with Crippen molar-refractivity contribution in [3.63, 3.8) is 0 Å². The lowest BCUT2D eigenvalue weighted by atomic mass is 9.97. The van der Waals surface area contributed by atoms with Gasteiger partial charge in [-0.3, -0.25) is 9.59 Å². The van der Waals surface area contributed by atoms with E-state index >= 15 is 0 Å². The van der Waals surface area contributed by atoms with Gasteiger partial charge in [0.1, 0.15) is 17.2 Å². The standard InChI is InChI=1S/C25H25NO5/c1-6-26-14-15(19-12-16(29-5)8-10-20(19)26)11-22-23(27)18-9-7-17(13-21(18)31-22)30-24(28)25(2,3)4/h7-14H,6H2,1-5H3. The number of rotatable bonds is 4. The maximum atomic E-state index is 12.9. The van der Waals surface area contributed by atoms with Gasteiger partial charge >= 0.3 is 5.97 Å². The molecular weight excluding hydrogens is 394 g/mol. The topological polar surface area (TPSA) is 66.8 Å². The van der Waals surface area contributed by atoms with E-state index in [1.54, 1.807) is 52.2 Å². The predicted molar refractivity (Wildman–Crippen MR) is 119 cm³/mol. The van der Waals surface area contributed by atoms with Gasteiger partial charge in [0.25, 0.3) is 0 Å². The average molecular weight is 419 g/mol. The summed E-state index contributed by atoms with van der Waals surface area (Å²) in [5.41, 5.74) is 1.73. The molecule has 4 rings (SSSR count). The molecule has 0 amide bonds. The van der Waals surface area contributed by atoms with E-state index in [4.69, 9.17) is 14.2 Å². The lowest BCUT2D eigenvalue weighted by Crippen LogP contribution is -2.25. The van der Waals surface area contributed by atoms with Crippen molar-refractivity contribution in [2.24, 2.45) is 5.41 Å². The minimum absolute atomic E-state index is 0.205. The van der Waals surface area contributed by atoms with Gasteiger partial charge < -0.3 is 18.8 Å². The molecule has 0 saturated carbocycles. The number of esters is 1. The lowest BCUT2D eigenvalue weighted by Gasteiger charge is -2.16. The highest BCUT2D eigenvalue weighted by Crippen LogP contribution is 2.36. The van der Waals surface area contributed by atoms with Crippen LogP contribution in [0, 0.1) is 5.41 Å². The first-order valence-corrected chi connectivity index (χ1v) is 10.2. The van der Waals surface area contributed by atoms with Gasteiger partial charge in [0.15, 0.2) is 5.76 Å². The largest absolute Gasteiger partial charge is 0.497 e. The van der Waals surface area contributed by atoms with Crippen molar-refractivity contribution in [3.8, 4) is 17.2 Å². The van der Waals surface area contributed by atoms with Crippen LogP contribution < -0.4 is 14.2 Å². The fourth-order valence-corrected chi connectivity index (χ4v) is 3.44. The van der Waals surface area contributed by atoms with Crippen LogP contribution in [-0.2, 0) is 11.3 Å². The number of hydrogen-bond donors (Lipinski definition) is 0. The average Bonchev–Trinajstić information content (AvgIpc) is 3.24. The van der Waals surface area contributed by atoms with Crippen LogP contribution in [0.1, 0.15) is 43.6 Å². The SMILES string of the molecule is CCn1cc(C=C2Oc3cc(OC(=O)C(C)(C)C)ccc3C2=O)c2cc(OC)ccc21. The van der Waals surface area contributed by atoms with E-state index in [0.29, 0.717) is 17.1 Å². The molecule has 31 heavy (non-hydrogen) atoms. The van der Waals surface area contributed by atoms with Crippen LogP contribution in [0.3, 0.4) is 0 Å². The number of carbonyl (C=O) groups is 2. The van der Waals surface area contributed by atoms with Crippen LogP contribution in [0.25, 0.3) is 17.0 Å². The lowest BCUT2D eigenvalue weighted by molar-refractivity contribution is -0.143. The zero-order chi connectivity index (χ0) is 22.3. The molecule has 0 aliphatic carbocycles. The first-order chi connectivity index (χ1) is 14.7. The third-order valence-corrected chi connectivity index (χ3v) is 5.21. The summed E-state index contributed by atoms with van der Waals surface area (Å²) in [6.45, 7) is 8.21. The molecule has 160 valence electrons. The summed E-state index contributed by atoms with van der Waals surface area (Å²) < 4.78 is 18.8. The van der Waals surface area contributed by atoms with Crippen molar-refractivity contribution >= 4 is 28.7 Å². The minimum Gasteiger partial charge on any atom is -0.497 e. The van der Waals surface area contributed by atoms with Crippen molar-refractivity contribution < 1.29 is 23.8 Å². The molecule has 0 saturated heterocycles. The number of nitrogens with zero attached hydrogens (tertiary/aromatic N) is 1. The van der Waals surface area contributed by atoms with E-state index < -0.39 is 5.41 Å². The van der Waals surface area contributed by atoms with Crippen LogP contribution in [0.2, 0.25) is 0 Å². The second kappa shape index (κ2) is 7.61. The number of fused-ring (bicyclic) bond motifs is 2. The maximum absolute atomic E-state index is 12.9. The Morgan fingerprint density at radius 2 is 1.87 bits per heavy atom. The van der Waals surface area contributed by atoms with Gasteiger partial charge in [0.2, 0.25) is 5.78 Å². The molecule has 0 unspecified atom stereocenters. The molecule has 2 heterocycles. The van der Waals surface area contributed by atoms with Gasteiger partial charge in [-0.15, -0.1) is 0 Å². The fourth-order valence-electron chi connectivity index (χ4n) is 3.44. The van der Waals surface area contributed by atoms with Crippen LogP contribution in [0.15, 0.2) is 48.4 Å². The van der Waals surface area contributed by atoms with E-state index in [1.807, 2.05) is 24.4 Å². The van der Waals surface area contributed by atoms with Crippen molar-refractivity contribution in [1.82, 2.24) is 4.57 Å². The molecule has 0 spiro atoms. The molecule has 0 N–H and O–H groups in total. The first kappa shape index (κ1) is 20.7. The van der Waals surface area contributed by atoms with Crippen molar-refractivity contribution in [1.29, 1.82) is 0 Å². The second-order valence-electron chi connectivity index (χ2n) is 8.49. The van der Waals surface area contributed by atoms with Gasteiger partial charge in [-0.2, -0.15) is 0 Å². The van der Waals surface area contributed by atoms with E-state index in [0.717, 1.165) is 28.8 Å². The molecule has 6 nitrogen and oxygen atoms in total. The van der Waals surface area contributed by atoms with Gasteiger partial charge in [-0.05, 0) is 64.1 Å². The number of benzene rings is 2. The van der Waals surface area contributed by atoms with Crippen LogP contribution in [0.4, 0.5) is 0 Å². The Morgan fingerprint density at radius 1 is 1.13 bits per heavy atom. The molecule has 0 fully saturated rings. The van der Waals surface area contributed by atoms with Gasteiger partial charge in [0.05, 0.1) is 18.1 Å². The maximum Gasteiger partial charge on any atom is 0.316 e. The van der Waals surface area contributed by atoms with Gasteiger partial charge in [-0.25, -0.2) is 0 Å². The van der Waals surface area contributed by atoms with Crippen molar-refractivity contribution in [2.45, 2.75) is 34.2 Å². The smallest absolute Gasteiger partial charge is 0.316 e. The fraction of sp³-hybridized carbons (Fsp3) is 0.280. The number of aromatic nitrogens is 1. The summed E-state index contributed by atoms with van der Waals surface area (Å²) in [6.07, 6.45) is 3.74. The van der Waals surface area contributed by atoms with Crippen molar-refractivity contribution in [3.05, 3.63) is 59.5 Å². The van der Waals surface area contributed by atoms with Crippen LogP contribution in [-0.4, -0.2) is 23.4 Å². The van der Waals surface area contributed by atoms with Crippen LogP contribution >= 0.6 is 0 Å². The first-order valence-electron chi connectivity index (χ1n) is 10.2.